The maximum atomic E-state index is 13.0. The highest BCUT2D eigenvalue weighted by molar-refractivity contribution is 6.01. The highest BCUT2D eigenvalue weighted by Crippen LogP contribution is 2.25. The lowest BCUT2D eigenvalue weighted by atomic mass is 9.95. The van der Waals surface area contributed by atoms with Crippen LogP contribution in [0.2, 0.25) is 0 Å². The van der Waals surface area contributed by atoms with Crippen LogP contribution < -0.4 is 10.6 Å². The molecule has 6 heteroatoms. The van der Waals surface area contributed by atoms with E-state index in [1.807, 2.05) is 39.0 Å². The van der Waals surface area contributed by atoms with Gasteiger partial charge in [0.25, 0.3) is 5.91 Å². The molecule has 1 aromatic rings. The van der Waals surface area contributed by atoms with Gasteiger partial charge in [-0.05, 0) is 49.2 Å². The molecule has 2 N–H and O–H groups in total. The zero-order valence-corrected chi connectivity index (χ0v) is 20.2. The molecule has 0 aromatic heterocycles. The van der Waals surface area contributed by atoms with E-state index in [0.717, 1.165) is 11.1 Å². The number of rotatable bonds is 12. The van der Waals surface area contributed by atoms with Crippen LogP contribution in [-0.4, -0.2) is 31.2 Å². The van der Waals surface area contributed by atoms with E-state index in [1.54, 1.807) is 31.5 Å². The van der Waals surface area contributed by atoms with Crippen molar-refractivity contribution in [3.05, 3.63) is 84.0 Å². The molecule has 0 fully saturated rings. The Kier molecular flexibility index (Phi) is 11.2. The lowest BCUT2D eigenvalue weighted by Crippen LogP contribution is -2.28. The number of benzene rings is 1. The fourth-order valence-electron chi connectivity index (χ4n) is 2.91. The summed E-state index contributed by atoms with van der Waals surface area (Å²) < 4.78 is 0. The summed E-state index contributed by atoms with van der Waals surface area (Å²) in [5.74, 6) is -0.00366. The molecule has 33 heavy (non-hydrogen) atoms. The number of carbonyl (C=O) groups excluding carboxylic acids is 2. The summed E-state index contributed by atoms with van der Waals surface area (Å²) in [6.07, 6.45) is 8.01. The number of hydrogen-bond donors (Lipinski definition) is 2. The van der Waals surface area contributed by atoms with Gasteiger partial charge in [0.15, 0.2) is 5.78 Å². The second kappa shape index (κ2) is 13.6. The van der Waals surface area contributed by atoms with Gasteiger partial charge in [-0.25, -0.2) is 0 Å². The minimum absolute atomic E-state index is 0.139. The van der Waals surface area contributed by atoms with E-state index in [0.29, 0.717) is 40.6 Å². The number of aliphatic imine (C=N–C) groups is 2. The van der Waals surface area contributed by atoms with E-state index in [9.17, 15) is 9.59 Å². The molecule has 6 nitrogen and oxygen atoms in total. The van der Waals surface area contributed by atoms with E-state index in [-0.39, 0.29) is 11.7 Å². The molecule has 0 spiro atoms. The van der Waals surface area contributed by atoms with E-state index in [2.05, 4.69) is 40.5 Å². The average molecular weight is 447 g/mol. The first-order valence-electron chi connectivity index (χ1n) is 10.7. The van der Waals surface area contributed by atoms with Crippen LogP contribution in [0.25, 0.3) is 11.1 Å². The SMILES string of the molecule is C=CC=N/C(C)=C(\N/C=C(\C)c1ccc(/C(C=C)=C/N=C)c(C(=O)NCC(C)C)c1)C(C)=O. The topological polar surface area (TPSA) is 82.9 Å². The van der Waals surface area contributed by atoms with E-state index < -0.39 is 0 Å². The quantitative estimate of drug-likeness (QED) is 0.259. The molecule has 1 rings (SSSR count). The molecular formula is C27H34N4O2. The van der Waals surface area contributed by atoms with Crippen LogP contribution in [-0.2, 0) is 4.79 Å². The van der Waals surface area contributed by atoms with Crippen molar-refractivity contribution >= 4 is 35.8 Å². The van der Waals surface area contributed by atoms with Crippen molar-refractivity contribution in [3.63, 3.8) is 0 Å². The zero-order chi connectivity index (χ0) is 25.0. The molecule has 0 atom stereocenters. The zero-order valence-electron chi connectivity index (χ0n) is 20.2. The molecule has 0 aliphatic heterocycles. The van der Waals surface area contributed by atoms with Crippen LogP contribution in [0.15, 0.2) is 77.3 Å². The van der Waals surface area contributed by atoms with Crippen LogP contribution >= 0.6 is 0 Å². The Morgan fingerprint density at radius 3 is 2.36 bits per heavy atom. The third kappa shape index (κ3) is 8.33. The summed E-state index contributed by atoms with van der Waals surface area (Å²) in [4.78, 5) is 33.0. The maximum absolute atomic E-state index is 13.0. The number of hydrogen-bond acceptors (Lipinski definition) is 5. The van der Waals surface area contributed by atoms with Gasteiger partial charge in [-0.2, -0.15) is 0 Å². The maximum Gasteiger partial charge on any atom is 0.251 e. The molecule has 0 saturated carbocycles. The number of carbonyl (C=O) groups is 2. The predicted octanol–water partition coefficient (Wildman–Crippen LogP) is 5.33. The van der Waals surface area contributed by atoms with Gasteiger partial charge < -0.3 is 10.6 Å². The fourth-order valence-corrected chi connectivity index (χ4v) is 2.91. The summed E-state index contributed by atoms with van der Waals surface area (Å²) in [6.45, 7) is 20.7. The summed E-state index contributed by atoms with van der Waals surface area (Å²) in [5, 5.41) is 6.02. The minimum atomic E-state index is -0.183. The minimum Gasteiger partial charge on any atom is -0.357 e. The average Bonchev–Trinajstić information content (AvgIpc) is 2.78. The van der Waals surface area contributed by atoms with E-state index in [1.165, 1.54) is 13.1 Å². The van der Waals surface area contributed by atoms with Gasteiger partial charge in [-0.3, -0.25) is 19.6 Å². The number of amides is 1. The Morgan fingerprint density at radius 1 is 1.12 bits per heavy atom. The van der Waals surface area contributed by atoms with Gasteiger partial charge in [-0.15, -0.1) is 0 Å². The molecule has 0 radical (unpaired) electrons. The van der Waals surface area contributed by atoms with Gasteiger partial charge >= 0.3 is 0 Å². The van der Waals surface area contributed by atoms with Crippen molar-refractivity contribution in [1.29, 1.82) is 0 Å². The Hall–Kier alpha value is -3.80. The number of ketones is 1. The molecule has 1 amide bonds. The summed E-state index contributed by atoms with van der Waals surface area (Å²) >= 11 is 0. The van der Waals surface area contributed by atoms with Crippen LogP contribution in [0.3, 0.4) is 0 Å². The second-order valence-electron chi connectivity index (χ2n) is 7.84. The Morgan fingerprint density at radius 2 is 1.82 bits per heavy atom. The standard InChI is InChI=1S/C27H34N4O2/c1-9-13-29-20(6)26(21(7)32)30-16-19(5)23-11-12-24(22(10-2)17-28-8)25(14-23)27(33)31-15-18(3)4/h9-14,16-18,30H,1-2,8,15H2,3-7H3,(H,31,33)/b19-16+,22-17+,26-20-,29-13?. The second-order valence-corrected chi connectivity index (χ2v) is 7.84. The van der Waals surface area contributed by atoms with Crippen LogP contribution in [0.5, 0.6) is 0 Å². The summed E-state index contributed by atoms with van der Waals surface area (Å²) in [5.41, 5.74) is 4.51. The third-order valence-electron chi connectivity index (χ3n) is 4.67. The van der Waals surface area contributed by atoms with Crippen molar-refractivity contribution in [1.82, 2.24) is 10.6 Å². The van der Waals surface area contributed by atoms with Gasteiger partial charge in [-0.1, -0.05) is 51.3 Å². The number of allylic oxidation sites excluding steroid dienone is 6. The van der Waals surface area contributed by atoms with Crippen LogP contribution in [0.1, 0.15) is 56.1 Å². The van der Waals surface area contributed by atoms with Crippen LogP contribution in [0, 0.1) is 5.92 Å². The molecule has 0 aliphatic carbocycles. The first kappa shape index (κ1) is 27.2. The van der Waals surface area contributed by atoms with Gasteiger partial charge in [0.05, 0.1) is 5.70 Å². The molecule has 0 bridgehead atoms. The monoisotopic (exact) mass is 446 g/mol. The molecule has 1 aromatic carbocycles. The van der Waals surface area contributed by atoms with Gasteiger partial charge in [0.1, 0.15) is 5.70 Å². The molecule has 0 unspecified atom stereocenters. The smallest absolute Gasteiger partial charge is 0.251 e. The van der Waals surface area contributed by atoms with Gasteiger partial charge in [0, 0.05) is 43.2 Å². The number of nitrogens with one attached hydrogen (secondary N) is 2. The number of nitrogens with zero attached hydrogens (tertiary/aromatic N) is 2. The highest BCUT2D eigenvalue weighted by Gasteiger charge is 2.15. The van der Waals surface area contributed by atoms with Crippen molar-refractivity contribution in [2.24, 2.45) is 15.9 Å². The molecular weight excluding hydrogens is 412 g/mol. The number of Topliss-reactive ketones (excluding diaryl/α,β-unsaturated/α-hetero) is 1. The molecule has 0 aliphatic rings. The Labute approximate surface area is 197 Å². The van der Waals surface area contributed by atoms with Crippen molar-refractivity contribution in [2.75, 3.05) is 6.54 Å². The third-order valence-corrected chi connectivity index (χ3v) is 4.67. The lowest BCUT2D eigenvalue weighted by Gasteiger charge is -2.14. The van der Waals surface area contributed by atoms with Crippen LogP contribution in [0.4, 0.5) is 0 Å². The first-order chi connectivity index (χ1) is 15.7. The summed E-state index contributed by atoms with van der Waals surface area (Å²) in [7, 11) is 0. The predicted molar refractivity (Wildman–Crippen MR) is 140 cm³/mol. The highest BCUT2D eigenvalue weighted by atomic mass is 16.1. The van der Waals surface area contributed by atoms with Crippen molar-refractivity contribution in [3.8, 4) is 0 Å². The van der Waals surface area contributed by atoms with Crippen molar-refractivity contribution < 1.29 is 9.59 Å². The fraction of sp³-hybridized carbons (Fsp3) is 0.259. The van der Waals surface area contributed by atoms with E-state index in [4.69, 9.17) is 0 Å². The first-order valence-corrected chi connectivity index (χ1v) is 10.7. The van der Waals surface area contributed by atoms with Gasteiger partial charge in [0.2, 0.25) is 0 Å². The normalized spacial score (nSPS) is 12.9. The Balaban J connectivity index is 3.45. The van der Waals surface area contributed by atoms with Crippen molar-refractivity contribution in [2.45, 2.75) is 34.6 Å². The molecule has 174 valence electrons. The molecule has 0 heterocycles. The summed E-state index contributed by atoms with van der Waals surface area (Å²) in [6, 6.07) is 5.58. The van der Waals surface area contributed by atoms with E-state index >= 15 is 0 Å². The Bertz CT molecular complexity index is 1040. The molecule has 0 saturated heterocycles. The largest absolute Gasteiger partial charge is 0.357 e. The lowest BCUT2D eigenvalue weighted by molar-refractivity contribution is -0.113.